The lowest BCUT2D eigenvalue weighted by atomic mass is 10.0. The number of rotatable bonds is 6. The number of aromatic nitrogens is 3. The van der Waals surface area contributed by atoms with Crippen LogP contribution in [0.2, 0.25) is 0 Å². The molecule has 0 amide bonds. The van der Waals surface area contributed by atoms with Gasteiger partial charge in [-0.3, -0.25) is 0 Å². The van der Waals surface area contributed by atoms with E-state index >= 15 is 0 Å². The van der Waals surface area contributed by atoms with Crippen LogP contribution < -0.4 is 5.32 Å². The van der Waals surface area contributed by atoms with E-state index in [9.17, 15) is 0 Å². The number of thioether (sulfide) groups is 1. The molecule has 1 saturated heterocycles. The average Bonchev–Trinajstić information content (AvgIpc) is 3.44. The van der Waals surface area contributed by atoms with Gasteiger partial charge in [-0.2, -0.15) is 0 Å². The number of anilines is 1. The molecule has 28 heavy (non-hydrogen) atoms. The first-order valence-corrected chi connectivity index (χ1v) is 12.4. The Morgan fingerprint density at radius 1 is 1.18 bits per heavy atom. The summed E-state index contributed by atoms with van der Waals surface area (Å²) >= 11 is 3.35. The third-order valence-electron chi connectivity index (χ3n) is 5.79. The van der Waals surface area contributed by atoms with Crippen molar-refractivity contribution in [1.29, 1.82) is 0 Å². The lowest BCUT2D eigenvalue weighted by Gasteiger charge is -2.12. The van der Waals surface area contributed by atoms with Gasteiger partial charge in [-0.15, -0.1) is 11.3 Å². The number of ether oxygens (including phenoxy) is 1. The van der Waals surface area contributed by atoms with Gasteiger partial charge >= 0.3 is 0 Å². The highest BCUT2D eigenvalue weighted by Crippen LogP contribution is 2.42. The fourth-order valence-corrected chi connectivity index (χ4v) is 5.99. The van der Waals surface area contributed by atoms with E-state index in [4.69, 9.17) is 19.7 Å². The summed E-state index contributed by atoms with van der Waals surface area (Å²) < 4.78 is 6.93. The summed E-state index contributed by atoms with van der Waals surface area (Å²) in [5.41, 5.74) is 5.38. The van der Waals surface area contributed by atoms with Gasteiger partial charge < -0.3 is 10.1 Å². The fraction of sp³-hybridized carbons (Fsp3) is 0.571. The molecule has 4 heterocycles. The van der Waals surface area contributed by atoms with Gasteiger partial charge in [-0.1, -0.05) is 25.1 Å². The van der Waals surface area contributed by atoms with Crippen LogP contribution in [0.4, 0.5) is 5.82 Å². The number of nitrogens with one attached hydrogen (secondary N) is 1. The van der Waals surface area contributed by atoms with E-state index in [1.807, 2.05) is 6.26 Å². The van der Waals surface area contributed by atoms with Crippen LogP contribution in [0.5, 0.6) is 0 Å². The van der Waals surface area contributed by atoms with Crippen molar-refractivity contribution >= 4 is 49.3 Å². The molecule has 1 atom stereocenters. The topological polar surface area (TPSA) is 59.9 Å². The third kappa shape index (κ3) is 3.17. The molecule has 148 valence electrons. The molecule has 0 unspecified atom stereocenters. The lowest BCUT2D eigenvalue weighted by Crippen LogP contribution is -2.19. The first-order valence-electron chi connectivity index (χ1n) is 10.3. The number of thiophene rings is 1. The van der Waals surface area contributed by atoms with E-state index in [0.29, 0.717) is 0 Å². The van der Waals surface area contributed by atoms with Gasteiger partial charge in [0.25, 0.3) is 0 Å². The Morgan fingerprint density at radius 2 is 2.07 bits per heavy atom. The molecule has 7 heteroatoms. The summed E-state index contributed by atoms with van der Waals surface area (Å²) in [6, 6.07) is 0. The van der Waals surface area contributed by atoms with Crippen LogP contribution in [0.3, 0.4) is 0 Å². The molecule has 5 nitrogen and oxygen atoms in total. The number of fused-ring (bicyclic) bond motifs is 5. The Balaban J connectivity index is 1.66. The molecular formula is C21H26N4OS2. The van der Waals surface area contributed by atoms with Crippen molar-refractivity contribution in [1.82, 2.24) is 15.0 Å². The van der Waals surface area contributed by atoms with Crippen LogP contribution >= 0.6 is 23.1 Å². The van der Waals surface area contributed by atoms with Gasteiger partial charge in [0.2, 0.25) is 0 Å². The molecule has 5 rings (SSSR count). The van der Waals surface area contributed by atoms with E-state index in [2.05, 4.69) is 12.2 Å². The summed E-state index contributed by atoms with van der Waals surface area (Å²) in [6.07, 6.45) is 10.4. The largest absolute Gasteiger partial charge is 0.376 e. The maximum Gasteiger partial charge on any atom is 0.189 e. The lowest BCUT2D eigenvalue weighted by molar-refractivity contribution is 0.120. The van der Waals surface area contributed by atoms with Crippen LogP contribution in [0.25, 0.3) is 20.4 Å². The van der Waals surface area contributed by atoms with Gasteiger partial charge in [0.1, 0.15) is 10.6 Å². The summed E-state index contributed by atoms with van der Waals surface area (Å²) in [5, 5.41) is 5.67. The molecule has 1 N–H and O–H groups in total. The summed E-state index contributed by atoms with van der Waals surface area (Å²) in [6.45, 7) is 3.92. The van der Waals surface area contributed by atoms with Crippen molar-refractivity contribution in [2.24, 2.45) is 0 Å². The molecule has 2 aliphatic rings. The molecule has 1 aliphatic heterocycles. The molecule has 0 radical (unpaired) electrons. The smallest absolute Gasteiger partial charge is 0.189 e. The normalized spacial score (nSPS) is 19.0. The van der Waals surface area contributed by atoms with E-state index in [1.165, 1.54) is 28.6 Å². The molecule has 3 aromatic rings. The van der Waals surface area contributed by atoms with Gasteiger partial charge in [0.05, 0.1) is 16.3 Å². The minimum Gasteiger partial charge on any atom is -0.376 e. The van der Waals surface area contributed by atoms with Gasteiger partial charge in [-0.05, 0) is 55.9 Å². The highest BCUT2D eigenvalue weighted by Gasteiger charge is 2.25. The third-order valence-corrected chi connectivity index (χ3v) is 7.42. The van der Waals surface area contributed by atoms with Gasteiger partial charge in [0, 0.05) is 24.2 Å². The number of nitrogens with zero attached hydrogens (tertiary/aromatic N) is 3. The van der Waals surface area contributed by atoms with Crippen LogP contribution in [-0.4, -0.2) is 40.5 Å². The van der Waals surface area contributed by atoms with Crippen molar-refractivity contribution in [3.63, 3.8) is 0 Å². The fourth-order valence-electron chi connectivity index (χ4n) is 4.49. The van der Waals surface area contributed by atoms with E-state index < -0.39 is 0 Å². The van der Waals surface area contributed by atoms with E-state index in [1.54, 1.807) is 23.1 Å². The van der Waals surface area contributed by atoms with Crippen molar-refractivity contribution in [3.8, 4) is 0 Å². The standard InChI is InChI=1S/C21H26N4OS2/c1-3-6-15-13-8-4-9-14(13)16-17-18(28-20(16)23-15)19(25-21(24-17)27-2)22-11-12-7-5-10-26-12/h12H,3-11H2,1-2H3,(H,22,24,25)/t12-/m0/s1. The maximum absolute atomic E-state index is 5.79. The number of aryl methyl sites for hydroxylation is 2. The van der Waals surface area contributed by atoms with Crippen LogP contribution in [0.15, 0.2) is 5.16 Å². The second kappa shape index (κ2) is 7.76. The zero-order valence-electron chi connectivity index (χ0n) is 16.5. The molecule has 0 saturated carbocycles. The zero-order chi connectivity index (χ0) is 19.1. The van der Waals surface area contributed by atoms with Gasteiger partial charge in [-0.25, -0.2) is 15.0 Å². The maximum atomic E-state index is 5.79. The molecular weight excluding hydrogens is 388 g/mol. The highest BCUT2D eigenvalue weighted by atomic mass is 32.2. The summed E-state index contributed by atoms with van der Waals surface area (Å²) in [4.78, 5) is 16.0. The second-order valence-corrected chi connectivity index (χ2v) is 9.43. The Bertz CT molecular complexity index is 1030. The van der Waals surface area contributed by atoms with Crippen molar-refractivity contribution in [2.75, 3.05) is 24.7 Å². The van der Waals surface area contributed by atoms with Crippen molar-refractivity contribution < 1.29 is 4.74 Å². The van der Waals surface area contributed by atoms with Gasteiger partial charge in [0.15, 0.2) is 5.16 Å². The molecule has 0 spiro atoms. The second-order valence-electron chi connectivity index (χ2n) is 7.65. The molecule has 1 aliphatic carbocycles. The summed E-state index contributed by atoms with van der Waals surface area (Å²) in [7, 11) is 0. The minimum absolute atomic E-state index is 0.288. The number of hydrogen-bond acceptors (Lipinski definition) is 7. The molecule has 1 fully saturated rings. The first kappa shape index (κ1) is 18.6. The predicted molar refractivity (Wildman–Crippen MR) is 118 cm³/mol. The minimum atomic E-state index is 0.288. The molecule has 0 aromatic carbocycles. The quantitative estimate of drug-likeness (QED) is 0.453. The highest BCUT2D eigenvalue weighted by molar-refractivity contribution is 7.98. The first-order chi connectivity index (χ1) is 13.8. The Morgan fingerprint density at radius 3 is 2.86 bits per heavy atom. The number of hydrogen-bond donors (Lipinski definition) is 1. The molecule has 3 aromatic heterocycles. The predicted octanol–water partition coefficient (Wildman–Crippen LogP) is 4.99. The Labute approximate surface area is 173 Å². The van der Waals surface area contributed by atoms with Crippen LogP contribution in [0.1, 0.15) is 49.4 Å². The van der Waals surface area contributed by atoms with Crippen molar-refractivity contribution in [3.05, 3.63) is 16.8 Å². The van der Waals surface area contributed by atoms with Crippen LogP contribution in [-0.2, 0) is 24.0 Å². The zero-order valence-corrected chi connectivity index (χ0v) is 18.1. The monoisotopic (exact) mass is 414 g/mol. The molecule has 0 bridgehead atoms. The van der Waals surface area contributed by atoms with E-state index in [-0.39, 0.29) is 6.10 Å². The SMILES string of the molecule is CCCc1nc2sc3c(NC[C@@H]4CCCO4)nc(SC)nc3c2c2c1CCC2. The van der Waals surface area contributed by atoms with E-state index in [0.717, 1.165) is 77.7 Å². The Kier molecular flexibility index (Phi) is 5.15. The van der Waals surface area contributed by atoms with Crippen molar-refractivity contribution in [2.45, 2.75) is 63.1 Å². The Hall–Kier alpha value is -1.44. The average molecular weight is 415 g/mol. The number of pyridine rings is 1. The van der Waals surface area contributed by atoms with Crippen LogP contribution in [0, 0.1) is 0 Å². The summed E-state index contributed by atoms with van der Waals surface area (Å²) in [5.74, 6) is 0.941.